The number of quaternary nitrogens is 2. The molecule has 2 heterocycles. The molecule has 1 aromatic heterocycles. The average Bonchev–Trinajstić information content (AvgIpc) is 2.96. The molecule has 0 radical (unpaired) electrons. The molecule has 1 atom stereocenters. The standard InChI is InChI=1S/C18H27N3O5S/c1-11-14(17(23)25-4)16(27-15(11)18(24)26-5)19-13(22)10-21(3)12-6-8-20(2)9-7-12/h12H,6-10H2,1-5H3,(H,19,22)/p+2. The second-order valence-electron chi connectivity index (χ2n) is 7.05. The molecule has 0 aromatic carbocycles. The molecule has 0 aliphatic carbocycles. The van der Waals surface area contributed by atoms with E-state index >= 15 is 0 Å². The van der Waals surface area contributed by atoms with Crippen LogP contribution < -0.4 is 15.1 Å². The lowest BCUT2D eigenvalue weighted by molar-refractivity contribution is -0.935. The Morgan fingerprint density at radius 3 is 2.33 bits per heavy atom. The number of rotatable bonds is 6. The zero-order chi connectivity index (χ0) is 20.1. The first-order valence-electron chi connectivity index (χ1n) is 9.01. The number of hydrogen-bond acceptors (Lipinski definition) is 6. The second-order valence-corrected chi connectivity index (χ2v) is 8.07. The number of methoxy groups -OCH3 is 2. The van der Waals surface area contributed by atoms with Gasteiger partial charge in [-0.2, -0.15) is 0 Å². The molecule has 1 aliphatic heterocycles. The number of hydrogen-bond donors (Lipinski definition) is 3. The highest BCUT2D eigenvalue weighted by atomic mass is 32.1. The van der Waals surface area contributed by atoms with Crippen molar-refractivity contribution in [1.82, 2.24) is 0 Å². The van der Waals surface area contributed by atoms with Crippen LogP contribution in [0, 0.1) is 6.92 Å². The predicted octanol–water partition coefficient (Wildman–Crippen LogP) is -1.24. The quantitative estimate of drug-likeness (QED) is 0.521. The first-order valence-corrected chi connectivity index (χ1v) is 9.83. The fourth-order valence-electron chi connectivity index (χ4n) is 3.41. The van der Waals surface area contributed by atoms with Crippen molar-refractivity contribution < 1.29 is 33.7 Å². The van der Waals surface area contributed by atoms with Crippen LogP contribution in [-0.4, -0.2) is 71.8 Å². The third-order valence-corrected chi connectivity index (χ3v) is 6.32. The van der Waals surface area contributed by atoms with Crippen molar-refractivity contribution in [3.05, 3.63) is 16.0 Å². The van der Waals surface area contributed by atoms with Gasteiger partial charge in [-0.1, -0.05) is 0 Å². The summed E-state index contributed by atoms with van der Waals surface area (Å²) in [5.74, 6) is -1.32. The molecule has 0 bridgehead atoms. The van der Waals surface area contributed by atoms with E-state index in [1.807, 2.05) is 7.05 Å². The number of likely N-dealkylation sites (N-methyl/N-ethyl adjacent to an activating group) is 1. The van der Waals surface area contributed by atoms with Gasteiger partial charge in [0.1, 0.15) is 9.88 Å². The molecule has 3 N–H and O–H groups in total. The Morgan fingerprint density at radius 1 is 1.19 bits per heavy atom. The highest BCUT2D eigenvalue weighted by Gasteiger charge is 2.30. The molecule has 1 fully saturated rings. The van der Waals surface area contributed by atoms with Gasteiger partial charge in [-0.3, -0.25) is 4.79 Å². The van der Waals surface area contributed by atoms with Gasteiger partial charge < -0.3 is 24.6 Å². The molecule has 1 aliphatic rings. The fourth-order valence-corrected chi connectivity index (χ4v) is 4.54. The number of ether oxygens (including phenoxy) is 2. The van der Waals surface area contributed by atoms with Gasteiger partial charge in [0.25, 0.3) is 5.91 Å². The maximum absolute atomic E-state index is 12.6. The average molecular weight is 400 g/mol. The minimum absolute atomic E-state index is 0.193. The zero-order valence-electron chi connectivity index (χ0n) is 16.6. The first-order chi connectivity index (χ1) is 12.8. The fraction of sp³-hybridized carbons (Fsp3) is 0.611. The van der Waals surface area contributed by atoms with Crippen LogP contribution in [0.15, 0.2) is 0 Å². The predicted molar refractivity (Wildman–Crippen MR) is 102 cm³/mol. The molecular formula is C18H29N3O5S+2. The highest BCUT2D eigenvalue weighted by molar-refractivity contribution is 7.18. The second kappa shape index (κ2) is 9.29. The van der Waals surface area contributed by atoms with E-state index in [1.165, 1.54) is 19.1 Å². The Kier molecular flexibility index (Phi) is 7.34. The van der Waals surface area contributed by atoms with Crippen LogP contribution in [-0.2, 0) is 14.3 Å². The van der Waals surface area contributed by atoms with Crippen LogP contribution in [0.5, 0.6) is 0 Å². The summed E-state index contributed by atoms with van der Waals surface area (Å²) in [6, 6.07) is 0.454. The first kappa shape index (κ1) is 21.3. The Balaban J connectivity index is 2.12. The Hall–Kier alpha value is -1.97. The molecule has 1 aromatic rings. The molecule has 2 rings (SSSR count). The summed E-state index contributed by atoms with van der Waals surface area (Å²) in [5, 5.41) is 3.11. The number of piperidine rings is 1. The largest absolute Gasteiger partial charge is 0.465 e. The molecule has 1 amide bonds. The van der Waals surface area contributed by atoms with E-state index < -0.39 is 11.9 Å². The molecule has 150 valence electrons. The topological polar surface area (TPSA) is 90.6 Å². The summed E-state index contributed by atoms with van der Waals surface area (Å²) in [6.07, 6.45) is 2.17. The van der Waals surface area contributed by atoms with Crippen LogP contribution in [0.2, 0.25) is 0 Å². The van der Waals surface area contributed by atoms with Crippen molar-refractivity contribution in [1.29, 1.82) is 0 Å². The summed E-state index contributed by atoms with van der Waals surface area (Å²) in [4.78, 5) is 39.6. The van der Waals surface area contributed by atoms with E-state index in [0.717, 1.165) is 42.2 Å². The van der Waals surface area contributed by atoms with Gasteiger partial charge in [0.05, 0.1) is 53.0 Å². The van der Waals surface area contributed by atoms with E-state index in [9.17, 15) is 14.4 Å². The van der Waals surface area contributed by atoms with Gasteiger partial charge in [-0.15, -0.1) is 11.3 Å². The smallest absolute Gasteiger partial charge is 0.348 e. The normalized spacial score (nSPS) is 20.6. The molecule has 0 spiro atoms. The van der Waals surface area contributed by atoms with E-state index in [2.05, 4.69) is 12.4 Å². The lowest BCUT2D eigenvalue weighted by Gasteiger charge is -2.30. The van der Waals surface area contributed by atoms with Crippen LogP contribution in [0.1, 0.15) is 38.4 Å². The maximum Gasteiger partial charge on any atom is 0.348 e. The molecule has 1 unspecified atom stereocenters. The number of anilines is 1. The van der Waals surface area contributed by atoms with Crippen molar-refractivity contribution in [2.75, 3.05) is 53.3 Å². The molecular weight excluding hydrogens is 370 g/mol. The van der Waals surface area contributed by atoms with Crippen LogP contribution in [0.3, 0.4) is 0 Å². The summed E-state index contributed by atoms with van der Waals surface area (Å²) in [7, 11) is 6.75. The number of amides is 1. The minimum Gasteiger partial charge on any atom is -0.465 e. The molecule has 27 heavy (non-hydrogen) atoms. The third-order valence-electron chi connectivity index (χ3n) is 5.14. The van der Waals surface area contributed by atoms with Crippen molar-refractivity contribution in [2.24, 2.45) is 0 Å². The number of thiophene rings is 1. The van der Waals surface area contributed by atoms with E-state index in [0.29, 0.717) is 23.2 Å². The maximum atomic E-state index is 12.6. The Bertz CT molecular complexity index is 710. The number of carbonyl (C=O) groups is 3. The Morgan fingerprint density at radius 2 is 1.78 bits per heavy atom. The minimum atomic E-state index is -0.590. The molecule has 8 nitrogen and oxygen atoms in total. The summed E-state index contributed by atoms with van der Waals surface area (Å²) < 4.78 is 9.57. The van der Waals surface area contributed by atoms with Crippen molar-refractivity contribution >= 4 is 34.2 Å². The van der Waals surface area contributed by atoms with Gasteiger partial charge >= 0.3 is 11.9 Å². The van der Waals surface area contributed by atoms with Gasteiger partial charge in [-0.25, -0.2) is 9.59 Å². The number of likely N-dealkylation sites (tertiary alicyclic amines) is 1. The highest BCUT2D eigenvalue weighted by Crippen LogP contribution is 2.34. The molecule has 9 heteroatoms. The Labute approximate surface area is 163 Å². The van der Waals surface area contributed by atoms with Crippen LogP contribution >= 0.6 is 11.3 Å². The lowest BCUT2D eigenvalue weighted by atomic mass is 10.0. The lowest BCUT2D eigenvalue weighted by Crippen LogP contribution is -3.18. The number of nitrogens with one attached hydrogen (secondary N) is 3. The monoisotopic (exact) mass is 399 g/mol. The van der Waals surface area contributed by atoms with Crippen molar-refractivity contribution in [3.63, 3.8) is 0 Å². The molecule has 1 saturated heterocycles. The number of esters is 2. The summed E-state index contributed by atoms with van der Waals surface area (Å²) in [5.41, 5.74) is 0.657. The third kappa shape index (κ3) is 5.06. The van der Waals surface area contributed by atoms with E-state index in [-0.39, 0.29) is 16.3 Å². The van der Waals surface area contributed by atoms with Crippen LogP contribution in [0.4, 0.5) is 5.00 Å². The van der Waals surface area contributed by atoms with Gasteiger partial charge in [0.15, 0.2) is 6.54 Å². The van der Waals surface area contributed by atoms with Crippen molar-refractivity contribution in [3.8, 4) is 0 Å². The van der Waals surface area contributed by atoms with Gasteiger partial charge in [0, 0.05) is 12.8 Å². The molecule has 0 saturated carbocycles. The van der Waals surface area contributed by atoms with E-state index in [1.54, 1.807) is 6.92 Å². The zero-order valence-corrected chi connectivity index (χ0v) is 17.4. The SMILES string of the molecule is COC(=O)c1sc(NC(=O)C[NH+](C)C2CC[NH+](C)CC2)c(C(=O)OC)c1C. The van der Waals surface area contributed by atoms with Crippen molar-refractivity contribution in [2.45, 2.75) is 25.8 Å². The van der Waals surface area contributed by atoms with E-state index in [4.69, 9.17) is 9.47 Å². The van der Waals surface area contributed by atoms with Crippen LogP contribution in [0.25, 0.3) is 0 Å². The summed E-state index contributed by atoms with van der Waals surface area (Å²) >= 11 is 1.03. The van der Waals surface area contributed by atoms with Gasteiger partial charge in [0.2, 0.25) is 0 Å². The number of carbonyl (C=O) groups excluding carboxylic acids is 3. The summed E-state index contributed by atoms with van der Waals surface area (Å²) in [6.45, 7) is 4.17. The van der Waals surface area contributed by atoms with Gasteiger partial charge in [-0.05, 0) is 12.5 Å².